The van der Waals surface area contributed by atoms with Crippen molar-refractivity contribution in [3.05, 3.63) is 35.4 Å². The van der Waals surface area contributed by atoms with Gasteiger partial charge in [-0.2, -0.15) is 0 Å². The number of rotatable bonds is 3. The lowest BCUT2D eigenvalue weighted by molar-refractivity contribution is -0.136. The number of amidine groups is 1. The highest BCUT2D eigenvalue weighted by molar-refractivity contribution is 5.97. The quantitative estimate of drug-likeness (QED) is 0.330. The van der Waals surface area contributed by atoms with Crippen LogP contribution in [0.25, 0.3) is 0 Å². The molecule has 2 rings (SSSR count). The van der Waals surface area contributed by atoms with Crippen LogP contribution in [0.15, 0.2) is 29.4 Å². The molecule has 1 fully saturated rings. The molecule has 114 valence electrons. The first-order chi connectivity index (χ1) is 9.91. The Hall–Kier alpha value is -2.08. The zero-order chi connectivity index (χ0) is 15.5. The van der Waals surface area contributed by atoms with E-state index in [0.717, 1.165) is 18.4 Å². The van der Waals surface area contributed by atoms with Gasteiger partial charge >= 0.3 is 0 Å². The fourth-order valence-corrected chi connectivity index (χ4v) is 2.57. The molecule has 1 aromatic rings. The molecule has 0 spiro atoms. The predicted molar refractivity (Wildman–Crippen MR) is 79.1 cm³/mol. The molecular weight excluding hydrogens is 270 g/mol. The Bertz CT molecular complexity index is 538. The first kappa shape index (κ1) is 15.3. The number of hydrogen-bond acceptors (Lipinski definition) is 4. The van der Waals surface area contributed by atoms with E-state index in [2.05, 4.69) is 5.16 Å². The number of oxime groups is 1. The molecule has 0 aromatic heterocycles. The molecule has 0 radical (unpaired) electrons. The minimum atomic E-state index is -0.788. The second kappa shape index (κ2) is 6.13. The number of nitrogens with two attached hydrogens (primary N) is 1. The number of nitrogens with zero attached hydrogens (tertiary/aromatic N) is 2. The third-order valence-corrected chi connectivity index (χ3v) is 3.74. The normalized spacial score (nSPS) is 23.1. The molecule has 0 aliphatic carbocycles. The average molecular weight is 291 g/mol. The van der Waals surface area contributed by atoms with Crippen molar-refractivity contribution in [1.29, 1.82) is 0 Å². The number of aliphatic hydroxyl groups is 1. The Morgan fingerprint density at radius 2 is 2.10 bits per heavy atom. The number of piperidine rings is 1. The van der Waals surface area contributed by atoms with Gasteiger partial charge in [-0.05, 0) is 25.3 Å². The van der Waals surface area contributed by atoms with Crippen LogP contribution in [0.1, 0.15) is 30.9 Å². The molecule has 1 heterocycles. The number of carbonyl (C=O) groups excluding carboxylic acids is 1. The van der Waals surface area contributed by atoms with Crippen LogP contribution in [0.2, 0.25) is 0 Å². The summed E-state index contributed by atoms with van der Waals surface area (Å²) in [7, 11) is 0. The molecule has 1 saturated heterocycles. The van der Waals surface area contributed by atoms with Crippen LogP contribution in [0.5, 0.6) is 0 Å². The molecule has 4 N–H and O–H groups in total. The van der Waals surface area contributed by atoms with E-state index < -0.39 is 5.60 Å². The van der Waals surface area contributed by atoms with Crippen molar-refractivity contribution in [2.75, 3.05) is 13.1 Å². The third-order valence-electron chi connectivity index (χ3n) is 3.74. The Morgan fingerprint density at radius 1 is 1.43 bits per heavy atom. The average Bonchev–Trinajstić information content (AvgIpc) is 2.46. The van der Waals surface area contributed by atoms with Crippen molar-refractivity contribution in [2.45, 2.75) is 31.8 Å². The highest BCUT2D eigenvalue weighted by Gasteiger charge is 2.30. The predicted octanol–water partition coefficient (Wildman–Crippen LogP) is 0.697. The van der Waals surface area contributed by atoms with Crippen LogP contribution in [0.4, 0.5) is 0 Å². The van der Waals surface area contributed by atoms with E-state index in [1.807, 2.05) is 0 Å². The van der Waals surface area contributed by atoms with Gasteiger partial charge in [-0.25, -0.2) is 0 Å². The number of amides is 1. The van der Waals surface area contributed by atoms with Gasteiger partial charge in [0.1, 0.15) is 0 Å². The van der Waals surface area contributed by atoms with Gasteiger partial charge in [0, 0.05) is 18.7 Å². The molecule has 1 aromatic carbocycles. The van der Waals surface area contributed by atoms with Crippen LogP contribution >= 0.6 is 0 Å². The number of carbonyl (C=O) groups is 1. The summed E-state index contributed by atoms with van der Waals surface area (Å²) in [5, 5.41) is 21.6. The van der Waals surface area contributed by atoms with Gasteiger partial charge in [-0.3, -0.25) is 4.79 Å². The van der Waals surface area contributed by atoms with Crippen LogP contribution < -0.4 is 5.73 Å². The van der Waals surface area contributed by atoms with Crippen LogP contribution in [-0.4, -0.2) is 45.6 Å². The Morgan fingerprint density at radius 3 is 2.67 bits per heavy atom. The molecular formula is C15H21N3O3. The summed E-state index contributed by atoms with van der Waals surface area (Å²) in [6, 6.07) is 6.99. The second-order valence-corrected chi connectivity index (χ2v) is 5.77. The van der Waals surface area contributed by atoms with E-state index in [1.165, 1.54) is 0 Å². The minimum absolute atomic E-state index is 0.00604. The lowest BCUT2D eigenvalue weighted by Crippen LogP contribution is -2.49. The van der Waals surface area contributed by atoms with Crippen molar-refractivity contribution in [2.24, 2.45) is 10.9 Å². The van der Waals surface area contributed by atoms with Crippen molar-refractivity contribution < 1.29 is 15.1 Å². The first-order valence-electron chi connectivity index (χ1n) is 6.98. The lowest BCUT2D eigenvalue weighted by Gasteiger charge is -2.36. The summed E-state index contributed by atoms with van der Waals surface area (Å²) in [4.78, 5) is 14.0. The zero-order valence-corrected chi connectivity index (χ0v) is 12.1. The molecule has 1 amide bonds. The number of hydrogen-bond donors (Lipinski definition) is 3. The van der Waals surface area contributed by atoms with Gasteiger partial charge < -0.3 is 20.9 Å². The highest BCUT2D eigenvalue weighted by atomic mass is 16.4. The Balaban J connectivity index is 1.99. The standard InChI is InChI=1S/C15H21N3O3/c1-15(20)7-2-8-18(10-15)13(19)9-11-3-5-12(6-4-11)14(16)17-21/h3-6,20-21H,2,7-10H2,1H3,(H2,16,17). The molecule has 6 heteroatoms. The third kappa shape index (κ3) is 3.95. The fourth-order valence-electron chi connectivity index (χ4n) is 2.57. The smallest absolute Gasteiger partial charge is 0.227 e. The maximum absolute atomic E-state index is 12.3. The highest BCUT2D eigenvalue weighted by Crippen LogP contribution is 2.21. The summed E-state index contributed by atoms with van der Waals surface area (Å²) >= 11 is 0. The van der Waals surface area contributed by atoms with Crippen LogP contribution in [0, 0.1) is 0 Å². The largest absolute Gasteiger partial charge is 0.409 e. The van der Waals surface area contributed by atoms with E-state index in [-0.39, 0.29) is 18.2 Å². The Kier molecular flexibility index (Phi) is 4.47. The number of likely N-dealkylation sites (tertiary alicyclic amines) is 1. The van der Waals surface area contributed by atoms with Crippen molar-refractivity contribution in [1.82, 2.24) is 4.90 Å². The molecule has 1 unspecified atom stereocenters. The summed E-state index contributed by atoms with van der Waals surface area (Å²) in [5.41, 5.74) is 6.17. The van der Waals surface area contributed by atoms with Gasteiger partial charge in [-0.15, -0.1) is 0 Å². The van der Waals surface area contributed by atoms with E-state index in [9.17, 15) is 9.90 Å². The number of β-amino-alcohol motifs (C(OH)–C–C–N with tert-alkyl or cyclic N) is 1. The summed E-state index contributed by atoms with van der Waals surface area (Å²) in [6.45, 7) is 2.84. The van der Waals surface area contributed by atoms with E-state index in [1.54, 1.807) is 36.1 Å². The van der Waals surface area contributed by atoms with Gasteiger partial charge in [0.25, 0.3) is 0 Å². The summed E-state index contributed by atoms with van der Waals surface area (Å²) in [6.07, 6.45) is 1.83. The monoisotopic (exact) mass is 291 g/mol. The molecule has 1 atom stereocenters. The van der Waals surface area contributed by atoms with Gasteiger partial charge in [0.15, 0.2) is 5.84 Å². The summed E-state index contributed by atoms with van der Waals surface area (Å²) < 4.78 is 0. The molecule has 1 aliphatic rings. The first-order valence-corrected chi connectivity index (χ1v) is 6.98. The SMILES string of the molecule is CC1(O)CCCN(C(=O)Cc2ccc(/C(N)=N/O)cc2)C1. The number of benzene rings is 1. The molecule has 6 nitrogen and oxygen atoms in total. The maximum atomic E-state index is 12.3. The molecule has 21 heavy (non-hydrogen) atoms. The topological polar surface area (TPSA) is 99.2 Å². The van der Waals surface area contributed by atoms with E-state index in [0.29, 0.717) is 18.7 Å². The molecule has 0 bridgehead atoms. The second-order valence-electron chi connectivity index (χ2n) is 5.77. The van der Waals surface area contributed by atoms with Crippen molar-refractivity contribution in [3.8, 4) is 0 Å². The van der Waals surface area contributed by atoms with Gasteiger partial charge in [0.05, 0.1) is 12.0 Å². The van der Waals surface area contributed by atoms with Gasteiger partial charge in [-0.1, -0.05) is 29.4 Å². The maximum Gasteiger partial charge on any atom is 0.227 e. The van der Waals surface area contributed by atoms with Crippen molar-refractivity contribution in [3.63, 3.8) is 0 Å². The molecule has 0 saturated carbocycles. The van der Waals surface area contributed by atoms with Crippen LogP contribution in [0.3, 0.4) is 0 Å². The van der Waals surface area contributed by atoms with E-state index >= 15 is 0 Å². The zero-order valence-electron chi connectivity index (χ0n) is 12.1. The van der Waals surface area contributed by atoms with Crippen molar-refractivity contribution >= 4 is 11.7 Å². The van der Waals surface area contributed by atoms with Gasteiger partial charge in [0.2, 0.25) is 5.91 Å². The lowest BCUT2D eigenvalue weighted by atomic mass is 9.94. The molecule has 1 aliphatic heterocycles. The van der Waals surface area contributed by atoms with Crippen LogP contribution in [-0.2, 0) is 11.2 Å². The van der Waals surface area contributed by atoms with E-state index in [4.69, 9.17) is 10.9 Å². The fraction of sp³-hybridized carbons (Fsp3) is 0.467. The Labute approximate surface area is 123 Å². The minimum Gasteiger partial charge on any atom is -0.409 e. The summed E-state index contributed by atoms with van der Waals surface area (Å²) in [5.74, 6) is 0.0477.